The molecule has 0 amide bonds. The van der Waals surface area contributed by atoms with Crippen molar-refractivity contribution in [3.05, 3.63) is 22.7 Å². The van der Waals surface area contributed by atoms with E-state index in [0.29, 0.717) is 0 Å². The van der Waals surface area contributed by atoms with E-state index in [4.69, 9.17) is 4.74 Å². The monoisotopic (exact) mass is 326 g/mol. The maximum absolute atomic E-state index is 5.26. The molecular weight excluding hydrogens is 304 g/mol. The summed E-state index contributed by atoms with van der Waals surface area (Å²) >= 11 is 3.54. The minimum atomic E-state index is 0.831. The van der Waals surface area contributed by atoms with Gasteiger partial charge in [0, 0.05) is 19.3 Å². The molecule has 106 valence electrons. The van der Waals surface area contributed by atoms with E-state index in [0.717, 1.165) is 22.7 Å². The third-order valence-corrected chi connectivity index (χ3v) is 4.47. The number of ether oxygens (including phenoxy) is 1. The van der Waals surface area contributed by atoms with Crippen LogP contribution in [0.3, 0.4) is 0 Å². The van der Waals surface area contributed by atoms with Gasteiger partial charge in [0.2, 0.25) is 0 Å². The van der Waals surface area contributed by atoms with E-state index in [2.05, 4.69) is 45.3 Å². The summed E-state index contributed by atoms with van der Waals surface area (Å²) in [6.45, 7) is 3.48. The van der Waals surface area contributed by atoms with Crippen LogP contribution >= 0.6 is 15.9 Å². The molecule has 1 aliphatic heterocycles. The molecule has 1 aromatic rings. The van der Waals surface area contributed by atoms with E-state index < -0.39 is 0 Å². The lowest BCUT2D eigenvalue weighted by Gasteiger charge is -2.26. The fourth-order valence-corrected chi connectivity index (χ4v) is 3.10. The molecule has 0 bridgehead atoms. The van der Waals surface area contributed by atoms with E-state index in [-0.39, 0.29) is 0 Å². The predicted molar refractivity (Wildman–Crippen MR) is 84.2 cm³/mol. The zero-order valence-electron chi connectivity index (χ0n) is 11.8. The number of halogens is 1. The van der Waals surface area contributed by atoms with Gasteiger partial charge in [-0.05, 0) is 72.4 Å². The Morgan fingerprint density at radius 1 is 1.47 bits per heavy atom. The SMILES string of the molecule is COc1ccc(N(C)CCC2CCCNC2)cc1Br. The van der Waals surface area contributed by atoms with Crippen LogP contribution in [0.5, 0.6) is 5.75 Å². The highest BCUT2D eigenvalue weighted by molar-refractivity contribution is 9.10. The van der Waals surface area contributed by atoms with Crippen LogP contribution < -0.4 is 15.0 Å². The van der Waals surface area contributed by atoms with Gasteiger partial charge in [0.25, 0.3) is 0 Å². The van der Waals surface area contributed by atoms with Crippen LogP contribution in [0.25, 0.3) is 0 Å². The second kappa shape index (κ2) is 7.15. The van der Waals surface area contributed by atoms with Gasteiger partial charge in [-0.2, -0.15) is 0 Å². The van der Waals surface area contributed by atoms with Gasteiger partial charge in [-0.3, -0.25) is 0 Å². The Morgan fingerprint density at radius 2 is 2.32 bits per heavy atom. The maximum atomic E-state index is 5.26. The Hall–Kier alpha value is -0.740. The highest BCUT2D eigenvalue weighted by atomic mass is 79.9. The lowest BCUT2D eigenvalue weighted by molar-refractivity contribution is 0.360. The van der Waals surface area contributed by atoms with Gasteiger partial charge >= 0.3 is 0 Å². The lowest BCUT2D eigenvalue weighted by Crippen LogP contribution is -2.32. The van der Waals surface area contributed by atoms with Crippen molar-refractivity contribution in [2.24, 2.45) is 5.92 Å². The molecule has 1 unspecified atom stereocenters. The Kier molecular flexibility index (Phi) is 5.52. The van der Waals surface area contributed by atoms with Gasteiger partial charge in [-0.15, -0.1) is 0 Å². The summed E-state index contributed by atoms with van der Waals surface area (Å²) in [4.78, 5) is 2.32. The summed E-state index contributed by atoms with van der Waals surface area (Å²) < 4.78 is 6.27. The first kappa shape index (κ1) is 14.7. The third kappa shape index (κ3) is 4.11. The van der Waals surface area contributed by atoms with Crippen molar-refractivity contribution in [2.75, 3.05) is 38.7 Å². The topological polar surface area (TPSA) is 24.5 Å². The van der Waals surface area contributed by atoms with Crippen molar-refractivity contribution < 1.29 is 4.74 Å². The molecule has 0 aromatic heterocycles. The summed E-state index contributed by atoms with van der Waals surface area (Å²) in [7, 11) is 3.85. The molecule has 0 spiro atoms. The average molecular weight is 327 g/mol. The number of benzene rings is 1. The molecule has 1 fully saturated rings. The molecule has 2 rings (SSSR count). The molecule has 1 N–H and O–H groups in total. The Bertz CT molecular complexity index is 405. The summed E-state index contributed by atoms with van der Waals surface area (Å²) in [5.41, 5.74) is 1.23. The number of hydrogen-bond acceptors (Lipinski definition) is 3. The van der Waals surface area contributed by atoms with Gasteiger partial charge in [-0.25, -0.2) is 0 Å². The van der Waals surface area contributed by atoms with Crippen molar-refractivity contribution >= 4 is 21.6 Å². The van der Waals surface area contributed by atoms with Crippen LogP contribution in [0, 0.1) is 5.92 Å². The van der Waals surface area contributed by atoms with E-state index in [1.807, 2.05) is 6.07 Å². The van der Waals surface area contributed by atoms with E-state index in [1.165, 1.54) is 38.0 Å². The number of nitrogens with zero attached hydrogens (tertiary/aromatic N) is 1. The van der Waals surface area contributed by atoms with Crippen LogP contribution in [-0.2, 0) is 0 Å². The van der Waals surface area contributed by atoms with E-state index in [9.17, 15) is 0 Å². The summed E-state index contributed by atoms with van der Waals surface area (Å²) in [6.07, 6.45) is 3.95. The number of piperidine rings is 1. The molecule has 3 nitrogen and oxygen atoms in total. The minimum Gasteiger partial charge on any atom is -0.496 e. The predicted octanol–water partition coefficient (Wildman–Crippen LogP) is 3.28. The van der Waals surface area contributed by atoms with Gasteiger partial charge < -0.3 is 15.0 Å². The third-order valence-electron chi connectivity index (χ3n) is 3.85. The molecule has 4 heteroatoms. The second-order valence-electron chi connectivity index (χ2n) is 5.24. The van der Waals surface area contributed by atoms with Crippen molar-refractivity contribution in [1.82, 2.24) is 5.32 Å². The number of rotatable bonds is 5. The van der Waals surface area contributed by atoms with Crippen molar-refractivity contribution in [3.8, 4) is 5.75 Å². The summed E-state index contributed by atoms with van der Waals surface area (Å²) in [5.74, 6) is 1.71. The van der Waals surface area contributed by atoms with Crippen molar-refractivity contribution in [3.63, 3.8) is 0 Å². The Balaban J connectivity index is 1.88. The number of nitrogens with one attached hydrogen (secondary N) is 1. The first-order chi connectivity index (χ1) is 9.20. The van der Waals surface area contributed by atoms with E-state index >= 15 is 0 Å². The molecule has 0 saturated carbocycles. The standard InChI is InChI=1S/C15H23BrN2O/c1-18(9-7-12-4-3-8-17-11-12)13-5-6-15(19-2)14(16)10-13/h5-6,10,12,17H,3-4,7-9,11H2,1-2H3. The van der Waals surface area contributed by atoms with Crippen molar-refractivity contribution in [1.29, 1.82) is 0 Å². The summed E-state index contributed by atoms with van der Waals surface area (Å²) in [5, 5.41) is 3.48. The van der Waals surface area contributed by atoms with Crippen LogP contribution in [0.1, 0.15) is 19.3 Å². The van der Waals surface area contributed by atoms with Crippen LogP contribution in [0.2, 0.25) is 0 Å². The molecule has 0 radical (unpaired) electrons. The zero-order valence-corrected chi connectivity index (χ0v) is 13.4. The number of anilines is 1. The quantitative estimate of drug-likeness (QED) is 0.898. The fourth-order valence-electron chi connectivity index (χ4n) is 2.57. The normalized spacial score (nSPS) is 19.2. The van der Waals surface area contributed by atoms with Crippen LogP contribution in [0.4, 0.5) is 5.69 Å². The molecule has 1 heterocycles. The van der Waals surface area contributed by atoms with Crippen molar-refractivity contribution in [2.45, 2.75) is 19.3 Å². The van der Waals surface area contributed by atoms with Gasteiger partial charge in [0.15, 0.2) is 0 Å². The van der Waals surface area contributed by atoms with E-state index in [1.54, 1.807) is 7.11 Å². The Morgan fingerprint density at radius 3 is 2.95 bits per heavy atom. The highest BCUT2D eigenvalue weighted by Crippen LogP contribution is 2.29. The molecule has 1 aliphatic rings. The van der Waals surface area contributed by atoms with Gasteiger partial charge in [0.05, 0.1) is 11.6 Å². The zero-order chi connectivity index (χ0) is 13.7. The minimum absolute atomic E-state index is 0.831. The second-order valence-corrected chi connectivity index (χ2v) is 6.10. The molecule has 1 saturated heterocycles. The first-order valence-corrected chi connectivity index (χ1v) is 7.75. The number of methoxy groups -OCH3 is 1. The smallest absolute Gasteiger partial charge is 0.133 e. The van der Waals surface area contributed by atoms with Crippen LogP contribution in [0.15, 0.2) is 22.7 Å². The molecule has 1 atom stereocenters. The number of hydrogen-bond donors (Lipinski definition) is 1. The average Bonchev–Trinajstić information content (AvgIpc) is 2.45. The summed E-state index contributed by atoms with van der Waals surface area (Å²) in [6, 6.07) is 6.25. The highest BCUT2D eigenvalue weighted by Gasteiger charge is 2.14. The Labute approximate surface area is 124 Å². The maximum Gasteiger partial charge on any atom is 0.133 e. The largest absolute Gasteiger partial charge is 0.496 e. The molecule has 1 aromatic carbocycles. The van der Waals surface area contributed by atoms with Gasteiger partial charge in [0.1, 0.15) is 5.75 Å². The fraction of sp³-hybridized carbons (Fsp3) is 0.600. The molecule has 19 heavy (non-hydrogen) atoms. The molecular formula is C15H23BrN2O. The van der Waals surface area contributed by atoms with Crippen LogP contribution in [-0.4, -0.2) is 33.8 Å². The van der Waals surface area contributed by atoms with Gasteiger partial charge in [-0.1, -0.05) is 0 Å². The molecule has 0 aliphatic carbocycles. The lowest BCUT2D eigenvalue weighted by atomic mass is 9.96. The first-order valence-electron chi connectivity index (χ1n) is 6.96.